The first-order valence-electron chi connectivity index (χ1n) is 11.7. The van der Waals surface area contributed by atoms with Crippen LogP contribution < -0.4 is 4.90 Å². The van der Waals surface area contributed by atoms with Crippen LogP contribution in [0.15, 0.2) is 6.07 Å². The first-order valence-corrected chi connectivity index (χ1v) is 11.7. The van der Waals surface area contributed by atoms with Gasteiger partial charge in [-0.1, -0.05) is 6.42 Å². The Balaban J connectivity index is 1.41. The quantitative estimate of drug-likeness (QED) is 0.711. The molecule has 1 atom stereocenters. The number of likely N-dealkylation sites (N-methyl/N-ethyl adjacent to an activating group) is 1. The molecule has 0 radical (unpaired) electrons. The molecule has 1 aromatic heterocycles. The van der Waals surface area contributed by atoms with Gasteiger partial charge in [-0.25, -0.2) is 9.97 Å². The topological polar surface area (TPSA) is 72.9 Å². The first-order chi connectivity index (χ1) is 14.9. The SMILES string of the molecule is CN1CC(c2cc(N(C)C)nc(C3CCN(C(=O)CN4CCCCC4)CC3)n2)CC1=O. The number of carbonyl (C=O) groups is 2. The monoisotopic (exact) mass is 428 g/mol. The van der Waals surface area contributed by atoms with E-state index in [-0.39, 0.29) is 23.7 Å². The van der Waals surface area contributed by atoms with Crippen LogP contribution in [0.3, 0.4) is 0 Å². The fourth-order valence-corrected chi connectivity index (χ4v) is 4.95. The van der Waals surface area contributed by atoms with Gasteiger partial charge in [-0.3, -0.25) is 14.5 Å². The van der Waals surface area contributed by atoms with E-state index in [0.29, 0.717) is 19.5 Å². The third kappa shape index (κ3) is 5.17. The maximum Gasteiger partial charge on any atom is 0.236 e. The summed E-state index contributed by atoms with van der Waals surface area (Å²) < 4.78 is 0. The maximum absolute atomic E-state index is 12.8. The Morgan fingerprint density at radius 1 is 1.06 bits per heavy atom. The van der Waals surface area contributed by atoms with E-state index in [1.165, 1.54) is 19.3 Å². The summed E-state index contributed by atoms with van der Waals surface area (Å²) in [5.74, 6) is 2.59. The van der Waals surface area contributed by atoms with Crippen molar-refractivity contribution in [2.24, 2.45) is 0 Å². The van der Waals surface area contributed by atoms with E-state index in [4.69, 9.17) is 9.97 Å². The zero-order chi connectivity index (χ0) is 22.0. The normalized spacial score (nSPS) is 23.5. The van der Waals surface area contributed by atoms with Gasteiger partial charge in [-0.05, 0) is 38.8 Å². The number of anilines is 1. The molecule has 8 heteroatoms. The lowest BCUT2D eigenvalue weighted by Crippen LogP contribution is -2.45. The summed E-state index contributed by atoms with van der Waals surface area (Å²) in [6.45, 7) is 4.92. The summed E-state index contributed by atoms with van der Waals surface area (Å²) in [7, 11) is 5.83. The van der Waals surface area contributed by atoms with Crippen molar-refractivity contribution in [3.8, 4) is 0 Å². The van der Waals surface area contributed by atoms with Crippen LogP contribution in [0.1, 0.15) is 61.9 Å². The molecule has 0 aliphatic carbocycles. The molecule has 170 valence electrons. The van der Waals surface area contributed by atoms with Crippen molar-refractivity contribution in [2.45, 2.75) is 50.4 Å². The summed E-state index contributed by atoms with van der Waals surface area (Å²) in [5, 5.41) is 0. The molecule has 4 heterocycles. The lowest BCUT2D eigenvalue weighted by molar-refractivity contribution is -0.133. The minimum absolute atomic E-state index is 0.129. The van der Waals surface area contributed by atoms with Crippen molar-refractivity contribution < 1.29 is 9.59 Å². The van der Waals surface area contributed by atoms with Crippen molar-refractivity contribution in [1.82, 2.24) is 24.7 Å². The highest BCUT2D eigenvalue weighted by Gasteiger charge is 2.32. The number of rotatable bonds is 5. The van der Waals surface area contributed by atoms with Gasteiger partial charge in [0, 0.05) is 65.1 Å². The van der Waals surface area contributed by atoms with Gasteiger partial charge in [0.2, 0.25) is 11.8 Å². The molecule has 0 N–H and O–H groups in total. The fourth-order valence-electron chi connectivity index (χ4n) is 4.95. The number of hydrogen-bond donors (Lipinski definition) is 0. The Bertz CT molecular complexity index is 799. The second-order valence-electron chi connectivity index (χ2n) is 9.57. The van der Waals surface area contributed by atoms with E-state index < -0.39 is 0 Å². The first kappa shape index (κ1) is 22.0. The molecule has 1 aromatic rings. The minimum Gasteiger partial charge on any atom is -0.363 e. The number of aromatic nitrogens is 2. The average molecular weight is 429 g/mol. The van der Waals surface area contributed by atoms with Crippen molar-refractivity contribution in [3.05, 3.63) is 17.6 Å². The molecule has 8 nitrogen and oxygen atoms in total. The van der Waals surface area contributed by atoms with Gasteiger partial charge in [0.25, 0.3) is 0 Å². The second-order valence-corrected chi connectivity index (χ2v) is 9.57. The van der Waals surface area contributed by atoms with E-state index >= 15 is 0 Å². The van der Waals surface area contributed by atoms with Gasteiger partial charge in [0.15, 0.2) is 0 Å². The standard InChI is InChI=1S/C23H36N6O2/c1-26(2)20-14-19(18-13-21(30)27(3)15-18)24-23(25-20)17-7-11-29(12-8-17)22(31)16-28-9-5-4-6-10-28/h14,17-18H,4-13,15-16H2,1-3H3. The third-order valence-corrected chi connectivity index (χ3v) is 6.99. The van der Waals surface area contributed by atoms with E-state index in [2.05, 4.69) is 4.90 Å². The number of carbonyl (C=O) groups excluding carboxylic acids is 2. The summed E-state index contributed by atoms with van der Waals surface area (Å²) in [5.41, 5.74) is 0.968. The maximum atomic E-state index is 12.8. The molecule has 4 rings (SSSR count). The van der Waals surface area contributed by atoms with Gasteiger partial charge < -0.3 is 14.7 Å². The van der Waals surface area contributed by atoms with Crippen LogP contribution in [0.2, 0.25) is 0 Å². The van der Waals surface area contributed by atoms with Gasteiger partial charge in [0.05, 0.1) is 12.2 Å². The van der Waals surface area contributed by atoms with Gasteiger partial charge in [-0.15, -0.1) is 0 Å². The molecule has 3 saturated heterocycles. The van der Waals surface area contributed by atoms with Crippen LogP contribution in [0.25, 0.3) is 0 Å². The largest absolute Gasteiger partial charge is 0.363 e. The third-order valence-electron chi connectivity index (χ3n) is 6.99. The number of amides is 2. The number of piperidine rings is 2. The molecule has 3 aliphatic heterocycles. The zero-order valence-corrected chi connectivity index (χ0v) is 19.2. The molecule has 0 aromatic carbocycles. The average Bonchev–Trinajstić information content (AvgIpc) is 3.12. The molecular formula is C23H36N6O2. The highest BCUT2D eigenvalue weighted by atomic mass is 16.2. The molecule has 0 spiro atoms. The number of nitrogens with zero attached hydrogens (tertiary/aromatic N) is 6. The molecule has 3 aliphatic rings. The molecule has 1 unspecified atom stereocenters. The number of hydrogen-bond acceptors (Lipinski definition) is 6. The van der Waals surface area contributed by atoms with Crippen molar-refractivity contribution in [2.75, 3.05) is 65.3 Å². The molecule has 2 amide bonds. The van der Waals surface area contributed by atoms with Gasteiger partial charge in [0.1, 0.15) is 11.6 Å². The molecule has 31 heavy (non-hydrogen) atoms. The van der Waals surface area contributed by atoms with Gasteiger partial charge >= 0.3 is 0 Å². The molecule has 0 bridgehead atoms. The van der Waals surface area contributed by atoms with Crippen LogP contribution >= 0.6 is 0 Å². The summed E-state index contributed by atoms with van der Waals surface area (Å²) >= 11 is 0. The van der Waals surface area contributed by atoms with E-state index in [0.717, 1.165) is 56.4 Å². The van der Waals surface area contributed by atoms with Crippen LogP contribution in [-0.4, -0.2) is 96.9 Å². The van der Waals surface area contributed by atoms with Crippen molar-refractivity contribution in [1.29, 1.82) is 0 Å². The summed E-state index contributed by atoms with van der Waals surface area (Å²) in [4.78, 5) is 42.7. The highest BCUT2D eigenvalue weighted by Crippen LogP contribution is 2.32. The van der Waals surface area contributed by atoms with E-state index in [1.54, 1.807) is 4.90 Å². The van der Waals surface area contributed by atoms with Crippen LogP contribution in [-0.2, 0) is 9.59 Å². The Kier molecular flexibility index (Phi) is 6.74. The van der Waals surface area contributed by atoms with E-state index in [1.807, 2.05) is 37.0 Å². The van der Waals surface area contributed by atoms with Crippen LogP contribution in [0.4, 0.5) is 5.82 Å². The van der Waals surface area contributed by atoms with Crippen molar-refractivity contribution >= 4 is 17.6 Å². The number of likely N-dealkylation sites (tertiary alicyclic amines) is 3. The van der Waals surface area contributed by atoms with Crippen molar-refractivity contribution in [3.63, 3.8) is 0 Å². The Morgan fingerprint density at radius 2 is 1.77 bits per heavy atom. The summed E-state index contributed by atoms with van der Waals surface area (Å²) in [6, 6.07) is 2.03. The second kappa shape index (κ2) is 9.51. The summed E-state index contributed by atoms with van der Waals surface area (Å²) in [6.07, 6.45) is 6.01. The smallest absolute Gasteiger partial charge is 0.236 e. The lowest BCUT2D eigenvalue weighted by Gasteiger charge is -2.34. The Morgan fingerprint density at radius 3 is 2.39 bits per heavy atom. The highest BCUT2D eigenvalue weighted by molar-refractivity contribution is 5.79. The lowest BCUT2D eigenvalue weighted by atomic mass is 9.95. The predicted molar refractivity (Wildman–Crippen MR) is 120 cm³/mol. The zero-order valence-electron chi connectivity index (χ0n) is 19.2. The fraction of sp³-hybridized carbons (Fsp3) is 0.739. The van der Waals surface area contributed by atoms with Crippen LogP contribution in [0, 0.1) is 0 Å². The molecular weight excluding hydrogens is 392 g/mol. The Labute approximate surface area is 185 Å². The van der Waals surface area contributed by atoms with Gasteiger partial charge in [-0.2, -0.15) is 0 Å². The predicted octanol–water partition coefficient (Wildman–Crippen LogP) is 1.68. The Hall–Kier alpha value is -2.22. The minimum atomic E-state index is 0.129. The van der Waals surface area contributed by atoms with E-state index in [9.17, 15) is 9.59 Å². The van der Waals surface area contributed by atoms with Crippen LogP contribution in [0.5, 0.6) is 0 Å². The molecule has 3 fully saturated rings. The molecule has 0 saturated carbocycles.